The van der Waals surface area contributed by atoms with Gasteiger partial charge in [0.1, 0.15) is 11.9 Å². The number of urea groups is 1. The van der Waals surface area contributed by atoms with E-state index in [0.717, 1.165) is 5.56 Å². The Balaban J connectivity index is 1.54. The van der Waals surface area contributed by atoms with Gasteiger partial charge < -0.3 is 29.8 Å². The molecule has 1 aromatic heterocycles. The predicted octanol–water partition coefficient (Wildman–Crippen LogP) is 4.91. The molecule has 2 aromatic carbocycles. The molecule has 0 saturated heterocycles. The van der Waals surface area contributed by atoms with Crippen LogP contribution in [-0.2, 0) is 11.3 Å². The van der Waals surface area contributed by atoms with Crippen molar-refractivity contribution in [3.05, 3.63) is 60.6 Å². The summed E-state index contributed by atoms with van der Waals surface area (Å²) in [5.41, 5.74) is 2.57. The number of methoxy groups -OCH3 is 1. The summed E-state index contributed by atoms with van der Waals surface area (Å²) in [6.45, 7) is 1.96. The number of rotatable bonds is 9. The number of carbonyl (C=O) groups excluding carboxylic acids is 2. The molecular weight excluding hydrogens is 438 g/mol. The van der Waals surface area contributed by atoms with Crippen molar-refractivity contribution >= 4 is 23.5 Å². The summed E-state index contributed by atoms with van der Waals surface area (Å²) in [6.07, 6.45) is 2.80. The maximum absolute atomic E-state index is 12.5. The first-order valence-corrected chi connectivity index (χ1v) is 10.5. The highest BCUT2D eigenvalue weighted by Gasteiger charge is 2.12. The van der Waals surface area contributed by atoms with E-state index in [0.29, 0.717) is 41.3 Å². The van der Waals surface area contributed by atoms with Gasteiger partial charge in [0.05, 0.1) is 24.9 Å². The number of nitriles is 1. The van der Waals surface area contributed by atoms with Crippen molar-refractivity contribution in [1.82, 2.24) is 10.3 Å². The molecule has 0 bridgehead atoms. The number of nitrogens with zero attached hydrogens (tertiary/aromatic N) is 2. The molecule has 0 radical (unpaired) electrons. The summed E-state index contributed by atoms with van der Waals surface area (Å²) in [5, 5.41) is 16.8. The fourth-order valence-corrected chi connectivity index (χ4v) is 3.10. The van der Waals surface area contributed by atoms with Crippen LogP contribution in [0.5, 0.6) is 5.75 Å². The number of anilines is 2. The molecule has 34 heavy (non-hydrogen) atoms. The number of nitrogens with one attached hydrogen (secondary N) is 3. The highest BCUT2D eigenvalue weighted by molar-refractivity contribution is 6.00. The minimum Gasteiger partial charge on any atom is -0.496 e. The zero-order valence-electron chi connectivity index (χ0n) is 18.8. The van der Waals surface area contributed by atoms with E-state index in [9.17, 15) is 9.59 Å². The Kier molecular flexibility index (Phi) is 8.46. The Bertz CT molecular complexity index is 1160. The smallest absolute Gasteiger partial charge is 0.407 e. The van der Waals surface area contributed by atoms with Gasteiger partial charge in [0.15, 0.2) is 12.2 Å². The Morgan fingerprint density at radius 3 is 2.68 bits per heavy atom. The van der Waals surface area contributed by atoms with Crippen LogP contribution < -0.4 is 20.7 Å². The van der Waals surface area contributed by atoms with Crippen molar-refractivity contribution in [3.8, 4) is 23.1 Å². The van der Waals surface area contributed by atoms with Crippen LogP contribution in [0.15, 0.2) is 59.5 Å². The van der Waals surface area contributed by atoms with Crippen LogP contribution in [0.25, 0.3) is 11.3 Å². The number of amides is 3. The van der Waals surface area contributed by atoms with Crippen LogP contribution in [0, 0.1) is 11.3 Å². The second-order valence-corrected chi connectivity index (χ2v) is 7.33. The Labute approximate surface area is 196 Å². The lowest BCUT2D eigenvalue weighted by atomic mass is 10.1. The standard InChI is InChI=1S/C24H25N5O5/c1-16(5-4-10-25)34-24(31)27-13-17-6-3-7-18(11-17)28-23(30)29-19-8-9-20(21(12-19)32-2)22-14-26-15-33-22/h3,6-9,11-12,14-16H,4-5,13H2,1-2H3,(H,27,31)(H2,28,29,30)/t16-/m1/s1. The SMILES string of the molecule is COc1cc(NC(=O)Nc2cccc(CNC(=O)O[C@H](C)CCC#N)c2)ccc1-c1cnco1. The highest BCUT2D eigenvalue weighted by Crippen LogP contribution is 2.32. The summed E-state index contributed by atoms with van der Waals surface area (Å²) in [4.78, 5) is 28.3. The normalized spacial score (nSPS) is 11.1. The molecule has 3 N–H and O–H groups in total. The summed E-state index contributed by atoms with van der Waals surface area (Å²) in [7, 11) is 1.53. The van der Waals surface area contributed by atoms with Crippen molar-refractivity contribution < 1.29 is 23.5 Å². The minimum absolute atomic E-state index is 0.223. The van der Waals surface area contributed by atoms with Gasteiger partial charge in [-0.2, -0.15) is 5.26 Å². The molecule has 0 spiro atoms. The second kappa shape index (κ2) is 11.9. The summed E-state index contributed by atoms with van der Waals surface area (Å²) in [6, 6.07) is 13.8. The molecule has 10 heteroatoms. The first kappa shape index (κ1) is 24.1. The van der Waals surface area contributed by atoms with Gasteiger partial charge >= 0.3 is 12.1 Å². The summed E-state index contributed by atoms with van der Waals surface area (Å²) >= 11 is 0. The quantitative estimate of drug-likeness (QED) is 0.410. The maximum Gasteiger partial charge on any atom is 0.407 e. The lowest BCUT2D eigenvalue weighted by Gasteiger charge is -2.13. The number of hydrogen-bond donors (Lipinski definition) is 3. The zero-order chi connectivity index (χ0) is 24.3. The first-order valence-electron chi connectivity index (χ1n) is 10.5. The average Bonchev–Trinajstić information content (AvgIpc) is 3.36. The van der Waals surface area contributed by atoms with Crippen LogP contribution in [0.4, 0.5) is 21.0 Å². The average molecular weight is 463 g/mol. The molecule has 0 fully saturated rings. The number of ether oxygens (including phenoxy) is 2. The molecule has 3 amide bonds. The second-order valence-electron chi connectivity index (χ2n) is 7.33. The van der Waals surface area contributed by atoms with E-state index < -0.39 is 12.1 Å². The van der Waals surface area contributed by atoms with E-state index in [-0.39, 0.29) is 12.6 Å². The lowest BCUT2D eigenvalue weighted by molar-refractivity contribution is 0.102. The monoisotopic (exact) mass is 463 g/mol. The molecule has 0 unspecified atom stereocenters. The van der Waals surface area contributed by atoms with Gasteiger partial charge in [-0.15, -0.1) is 0 Å². The predicted molar refractivity (Wildman–Crippen MR) is 125 cm³/mol. The van der Waals surface area contributed by atoms with E-state index in [1.807, 2.05) is 12.1 Å². The number of alkyl carbamates (subject to hydrolysis) is 1. The third-order valence-corrected chi connectivity index (χ3v) is 4.75. The van der Waals surface area contributed by atoms with E-state index >= 15 is 0 Å². The van der Waals surface area contributed by atoms with Crippen LogP contribution in [0.1, 0.15) is 25.3 Å². The molecule has 1 atom stereocenters. The molecule has 0 saturated carbocycles. The molecule has 3 aromatic rings. The summed E-state index contributed by atoms with van der Waals surface area (Å²) < 4.78 is 15.9. The minimum atomic E-state index is -0.565. The molecule has 176 valence electrons. The van der Waals surface area contributed by atoms with E-state index in [1.165, 1.54) is 13.5 Å². The number of oxazole rings is 1. The van der Waals surface area contributed by atoms with Crippen molar-refractivity contribution in [2.24, 2.45) is 0 Å². The fraction of sp³-hybridized carbons (Fsp3) is 0.250. The van der Waals surface area contributed by atoms with Gasteiger partial charge in [0.25, 0.3) is 0 Å². The van der Waals surface area contributed by atoms with E-state index in [1.54, 1.807) is 49.5 Å². The number of benzene rings is 2. The molecule has 0 aliphatic rings. The number of carbonyl (C=O) groups is 2. The third-order valence-electron chi connectivity index (χ3n) is 4.75. The fourth-order valence-electron chi connectivity index (χ4n) is 3.10. The molecule has 0 aliphatic heterocycles. The van der Waals surface area contributed by atoms with Gasteiger partial charge in [-0.05, 0) is 43.2 Å². The molecule has 0 aliphatic carbocycles. The van der Waals surface area contributed by atoms with Gasteiger partial charge in [0.2, 0.25) is 0 Å². The molecular formula is C24H25N5O5. The molecule has 1 heterocycles. The topological polar surface area (TPSA) is 139 Å². The number of aromatic nitrogens is 1. The molecule has 3 rings (SSSR count). The maximum atomic E-state index is 12.5. The highest BCUT2D eigenvalue weighted by atomic mass is 16.6. The largest absolute Gasteiger partial charge is 0.496 e. The van der Waals surface area contributed by atoms with Crippen molar-refractivity contribution in [3.63, 3.8) is 0 Å². The van der Waals surface area contributed by atoms with E-state index in [4.69, 9.17) is 19.2 Å². The van der Waals surface area contributed by atoms with Gasteiger partial charge in [-0.3, -0.25) is 0 Å². The van der Waals surface area contributed by atoms with Gasteiger partial charge in [-0.1, -0.05) is 12.1 Å². The Morgan fingerprint density at radius 1 is 1.18 bits per heavy atom. The Hall–Kier alpha value is -4.52. The van der Waals surface area contributed by atoms with E-state index in [2.05, 4.69) is 20.9 Å². The van der Waals surface area contributed by atoms with Crippen molar-refractivity contribution in [1.29, 1.82) is 5.26 Å². The Morgan fingerprint density at radius 2 is 1.97 bits per heavy atom. The molecule has 10 nitrogen and oxygen atoms in total. The van der Waals surface area contributed by atoms with Crippen LogP contribution in [-0.4, -0.2) is 30.3 Å². The van der Waals surface area contributed by atoms with Crippen LogP contribution in [0.2, 0.25) is 0 Å². The number of hydrogen-bond acceptors (Lipinski definition) is 7. The van der Waals surface area contributed by atoms with Crippen LogP contribution in [0.3, 0.4) is 0 Å². The summed E-state index contributed by atoms with van der Waals surface area (Å²) in [5.74, 6) is 1.08. The van der Waals surface area contributed by atoms with Crippen molar-refractivity contribution in [2.75, 3.05) is 17.7 Å². The first-order chi connectivity index (χ1) is 16.5. The zero-order valence-corrected chi connectivity index (χ0v) is 18.8. The lowest BCUT2D eigenvalue weighted by Crippen LogP contribution is -2.27. The van der Waals surface area contributed by atoms with Crippen LogP contribution >= 0.6 is 0 Å². The van der Waals surface area contributed by atoms with Gasteiger partial charge in [0, 0.05) is 30.4 Å². The van der Waals surface area contributed by atoms with Gasteiger partial charge in [-0.25, -0.2) is 14.6 Å². The third kappa shape index (κ3) is 7.00. The van der Waals surface area contributed by atoms with Crippen molar-refractivity contribution in [2.45, 2.75) is 32.4 Å².